The molecule has 0 heterocycles. The Morgan fingerprint density at radius 3 is 2.16 bits per heavy atom. The zero-order chi connectivity index (χ0) is 27.8. The molecule has 2 unspecified atom stereocenters. The third-order valence-electron chi connectivity index (χ3n) is 6.07. The summed E-state index contributed by atoms with van der Waals surface area (Å²) < 4.78 is 5.42. The maximum atomic E-state index is 14.0. The standard InChI is InChI=1S/C30H43N3O4/c1-9-17-33(28(35)25(20(2)3)32-29(36)37-30(6,7)8)26(24-16-15-21(4)22(5)18-24)27(34)31-19-23-13-11-10-12-14-23/h10-16,18,20,25-26H,9,17,19H2,1-8H3,(H,31,34)(H,32,36). The molecule has 0 fully saturated rings. The summed E-state index contributed by atoms with van der Waals surface area (Å²) in [6, 6.07) is 13.8. The number of hydrogen-bond acceptors (Lipinski definition) is 4. The summed E-state index contributed by atoms with van der Waals surface area (Å²) in [5.41, 5.74) is 3.14. The second kappa shape index (κ2) is 13.3. The van der Waals surface area contributed by atoms with Crippen molar-refractivity contribution in [2.24, 2.45) is 5.92 Å². The van der Waals surface area contributed by atoms with Crippen molar-refractivity contribution in [1.82, 2.24) is 15.5 Å². The number of carbonyl (C=O) groups excluding carboxylic acids is 3. The van der Waals surface area contributed by atoms with Gasteiger partial charge in [-0.1, -0.05) is 69.3 Å². The molecule has 0 aliphatic carbocycles. The number of nitrogens with one attached hydrogen (secondary N) is 2. The first-order valence-electron chi connectivity index (χ1n) is 13.0. The lowest BCUT2D eigenvalue weighted by Gasteiger charge is -2.35. The molecule has 2 atom stereocenters. The van der Waals surface area contributed by atoms with E-state index < -0.39 is 23.8 Å². The Balaban J connectivity index is 2.44. The summed E-state index contributed by atoms with van der Waals surface area (Å²) in [6.45, 7) is 15.7. The molecule has 7 nitrogen and oxygen atoms in total. The molecule has 37 heavy (non-hydrogen) atoms. The van der Waals surface area contributed by atoms with Crippen LogP contribution in [-0.4, -0.2) is 41.0 Å². The molecule has 0 saturated carbocycles. The van der Waals surface area contributed by atoms with Crippen LogP contribution in [0, 0.1) is 19.8 Å². The van der Waals surface area contributed by atoms with Gasteiger partial charge in [-0.15, -0.1) is 0 Å². The highest BCUT2D eigenvalue weighted by Crippen LogP contribution is 2.26. The van der Waals surface area contributed by atoms with E-state index in [1.807, 2.05) is 83.1 Å². The molecule has 0 saturated heterocycles. The van der Waals surface area contributed by atoms with Crippen LogP contribution < -0.4 is 10.6 Å². The molecular formula is C30H43N3O4. The molecule has 0 radical (unpaired) electrons. The molecule has 202 valence electrons. The zero-order valence-electron chi connectivity index (χ0n) is 23.6. The highest BCUT2D eigenvalue weighted by molar-refractivity contribution is 5.92. The first-order chi connectivity index (χ1) is 17.3. The van der Waals surface area contributed by atoms with Crippen molar-refractivity contribution < 1.29 is 19.1 Å². The molecule has 2 aromatic carbocycles. The first-order valence-corrected chi connectivity index (χ1v) is 13.0. The van der Waals surface area contributed by atoms with Crippen LogP contribution in [-0.2, 0) is 20.9 Å². The van der Waals surface area contributed by atoms with Gasteiger partial charge in [-0.3, -0.25) is 9.59 Å². The molecule has 0 aliphatic heterocycles. The van der Waals surface area contributed by atoms with Gasteiger partial charge in [0.2, 0.25) is 11.8 Å². The van der Waals surface area contributed by atoms with Gasteiger partial charge < -0.3 is 20.3 Å². The first kappa shape index (κ1) is 29.9. The lowest BCUT2D eigenvalue weighted by atomic mass is 9.96. The van der Waals surface area contributed by atoms with Crippen molar-refractivity contribution in [2.75, 3.05) is 6.54 Å². The van der Waals surface area contributed by atoms with Crippen molar-refractivity contribution in [1.29, 1.82) is 0 Å². The third kappa shape index (κ3) is 8.92. The average Bonchev–Trinajstić information content (AvgIpc) is 2.82. The molecule has 3 amide bonds. The van der Waals surface area contributed by atoms with E-state index in [1.165, 1.54) is 0 Å². The maximum Gasteiger partial charge on any atom is 0.408 e. The monoisotopic (exact) mass is 509 g/mol. The van der Waals surface area contributed by atoms with E-state index in [0.29, 0.717) is 19.5 Å². The number of alkyl carbamates (subject to hydrolysis) is 1. The minimum absolute atomic E-state index is 0.216. The van der Waals surface area contributed by atoms with Gasteiger partial charge in [-0.05, 0) is 69.2 Å². The Kier molecular flexibility index (Phi) is 10.7. The van der Waals surface area contributed by atoms with Crippen LogP contribution in [0.4, 0.5) is 4.79 Å². The van der Waals surface area contributed by atoms with Gasteiger partial charge in [0.15, 0.2) is 0 Å². The smallest absolute Gasteiger partial charge is 0.408 e. The van der Waals surface area contributed by atoms with Gasteiger partial charge in [0.25, 0.3) is 0 Å². The molecule has 0 aliphatic rings. The van der Waals surface area contributed by atoms with Crippen LogP contribution >= 0.6 is 0 Å². The van der Waals surface area contributed by atoms with Crippen LogP contribution in [0.1, 0.15) is 76.3 Å². The van der Waals surface area contributed by atoms with Gasteiger partial charge >= 0.3 is 6.09 Å². The van der Waals surface area contributed by atoms with Crippen molar-refractivity contribution in [3.8, 4) is 0 Å². The topological polar surface area (TPSA) is 87.7 Å². The maximum absolute atomic E-state index is 14.0. The van der Waals surface area contributed by atoms with Crippen molar-refractivity contribution in [3.63, 3.8) is 0 Å². The summed E-state index contributed by atoms with van der Waals surface area (Å²) in [5, 5.41) is 5.77. The summed E-state index contributed by atoms with van der Waals surface area (Å²) in [7, 11) is 0. The lowest BCUT2D eigenvalue weighted by Crippen LogP contribution is -2.55. The van der Waals surface area contributed by atoms with E-state index >= 15 is 0 Å². The molecule has 7 heteroatoms. The number of carbonyl (C=O) groups is 3. The normalized spacial score (nSPS) is 13.0. The minimum atomic E-state index is -0.850. The van der Waals surface area contributed by atoms with E-state index in [-0.39, 0.29) is 17.7 Å². The Labute approximate surface area is 222 Å². The van der Waals surface area contributed by atoms with Gasteiger partial charge in [0.05, 0.1) is 0 Å². The summed E-state index contributed by atoms with van der Waals surface area (Å²) >= 11 is 0. The highest BCUT2D eigenvalue weighted by atomic mass is 16.6. The van der Waals surface area contributed by atoms with Crippen LogP contribution in [0.5, 0.6) is 0 Å². The summed E-state index contributed by atoms with van der Waals surface area (Å²) in [6.07, 6.45) is -0.0108. The predicted molar refractivity (Wildman–Crippen MR) is 147 cm³/mol. The SMILES string of the molecule is CCCN(C(=O)C(NC(=O)OC(C)(C)C)C(C)C)C(C(=O)NCc1ccccc1)c1ccc(C)c(C)c1. The Bertz CT molecular complexity index is 1060. The molecule has 0 spiro atoms. The van der Waals surface area contributed by atoms with Gasteiger partial charge in [-0.25, -0.2) is 4.79 Å². The van der Waals surface area contributed by atoms with Crippen molar-refractivity contribution >= 4 is 17.9 Å². The Morgan fingerprint density at radius 2 is 1.62 bits per heavy atom. The molecular weight excluding hydrogens is 466 g/mol. The quantitative estimate of drug-likeness (QED) is 0.446. The minimum Gasteiger partial charge on any atom is -0.444 e. The van der Waals surface area contributed by atoms with Crippen molar-refractivity contribution in [3.05, 3.63) is 70.8 Å². The molecule has 2 N–H and O–H groups in total. The zero-order valence-corrected chi connectivity index (χ0v) is 23.6. The number of aryl methyl sites for hydroxylation is 2. The third-order valence-corrected chi connectivity index (χ3v) is 6.07. The summed E-state index contributed by atoms with van der Waals surface area (Å²) in [4.78, 5) is 41.9. The van der Waals surface area contributed by atoms with Crippen LogP contribution in [0.3, 0.4) is 0 Å². The van der Waals surface area contributed by atoms with E-state index in [1.54, 1.807) is 25.7 Å². The average molecular weight is 510 g/mol. The van der Waals surface area contributed by atoms with Crippen LogP contribution in [0.2, 0.25) is 0 Å². The molecule has 0 bridgehead atoms. The number of hydrogen-bond donors (Lipinski definition) is 2. The number of ether oxygens (including phenoxy) is 1. The number of amides is 3. The molecule has 0 aromatic heterocycles. The predicted octanol–water partition coefficient (Wildman–Crippen LogP) is 5.45. The Hall–Kier alpha value is -3.35. The fourth-order valence-corrected chi connectivity index (χ4v) is 4.02. The highest BCUT2D eigenvalue weighted by Gasteiger charge is 2.37. The van der Waals surface area contributed by atoms with E-state index in [2.05, 4.69) is 10.6 Å². The molecule has 2 aromatic rings. The number of benzene rings is 2. The van der Waals surface area contributed by atoms with E-state index in [4.69, 9.17) is 4.74 Å². The Morgan fingerprint density at radius 1 is 0.973 bits per heavy atom. The lowest BCUT2D eigenvalue weighted by molar-refractivity contribution is -0.143. The van der Waals surface area contributed by atoms with E-state index in [0.717, 1.165) is 22.3 Å². The second-order valence-corrected chi connectivity index (χ2v) is 10.8. The van der Waals surface area contributed by atoms with Crippen LogP contribution in [0.25, 0.3) is 0 Å². The fourth-order valence-electron chi connectivity index (χ4n) is 4.02. The largest absolute Gasteiger partial charge is 0.444 e. The molecule has 2 rings (SSSR count). The second-order valence-electron chi connectivity index (χ2n) is 10.8. The van der Waals surface area contributed by atoms with Gasteiger partial charge in [-0.2, -0.15) is 0 Å². The summed E-state index contributed by atoms with van der Waals surface area (Å²) in [5.74, 6) is -0.804. The van der Waals surface area contributed by atoms with Crippen LogP contribution in [0.15, 0.2) is 48.5 Å². The van der Waals surface area contributed by atoms with Gasteiger partial charge in [0.1, 0.15) is 17.7 Å². The number of rotatable bonds is 10. The van der Waals surface area contributed by atoms with E-state index in [9.17, 15) is 14.4 Å². The fraction of sp³-hybridized carbons (Fsp3) is 0.500. The van der Waals surface area contributed by atoms with Gasteiger partial charge in [0, 0.05) is 13.1 Å². The number of nitrogens with zero attached hydrogens (tertiary/aromatic N) is 1. The van der Waals surface area contributed by atoms with Crippen molar-refractivity contribution in [2.45, 2.75) is 86.0 Å².